The number of nitrogens with zero attached hydrogens (tertiary/aromatic N) is 3. The van der Waals surface area contributed by atoms with Crippen molar-refractivity contribution in [2.75, 3.05) is 19.4 Å². The molecule has 164 valence electrons. The number of aromatic nitrogens is 2. The summed E-state index contributed by atoms with van der Waals surface area (Å²) in [5.74, 6) is 1.48. The highest BCUT2D eigenvalue weighted by Crippen LogP contribution is 2.23. The Labute approximate surface area is 189 Å². The molecular weight excluding hydrogens is 426 g/mol. The molecule has 0 atom stereocenters. The minimum absolute atomic E-state index is 0.0907. The van der Waals surface area contributed by atoms with Crippen LogP contribution in [0.1, 0.15) is 12.7 Å². The summed E-state index contributed by atoms with van der Waals surface area (Å²) in [6, 6.07) is 18.1. The van der Waals surface area contributed by atoms with E-state index in [0.717, 1.165) is 5.75 Å². The monoisotopic (exact) mass is 449 g/mol. The van der Waals surface area contributed by atoms with Crippen molar-refractivity contribution >= 4 is 28.6 Å². The highest BCUT2D eigenvalue weighted by atomic mass is 32.2. The molecule has 1 amide bonds. The topological polar surface area (TPSA) is 77.6 Å². The number of benzene rings is 2. The number of hydrogen-bond acceptors (Lipinski definition) is 6. The SMILES string of the molecule is CCOc1ccc(-n2c(SCC(=O)N(C)Cc3ccco3)nc3ccccc3c2=O)cc1. The Hall–Kier alpha value is -3.52. The lowest BCUT2D eigenvalue weighted by Gasteiger charge is -2.17. The van der Waals surface area contributed by atoms with Gasteiger partial charge in [-0.3, -0.25) is 14.2 Å². The molecule has 2 aromatic heterocycles. The van der Waals surface area contributed by atoms with Gasteiger partial charge in [-0.1, -0.05) is 23.9 Å². The zero-order valence-electron chi connectivity index (χ0n) is 17.9. The quantitative estimate of drug-likeness (QED) is 0.297. The zero-order chi connectivity index (χ0) is 22.5. The zero-order valence-corrected chi connectivity index (χ0v) is 18.7. The van der Waals surface area contributed by atoms with Gasteiger partial charge in [-0.15, -0.1) is 0 Å². The molecule has 0 spiro atoms. The first kappa shape index (κ1) is 21.7. The van der Waals surface area contributed by atoms with Gasteiger partial charge in [-0.05, 0) is 55.5 Å². The van der Waals surface area contributed by atoms with E-state index in [4.69, 9.17) is 9.15 Å². The first-order valence-electron chi connectivity index (χ1n) is 10.2. The Kier molecular flexibility index (Phi) is 6.61. The highest BCUT2D eigenvalue weighted by molar-refractivity contribution is 7.99. The van der Waals surface area contributed by atoms with Gasteiger partial charge in [0.2, 0.25) is 5.91 Å². The van der Waals surface area contributed by atoms with E-state index in [0.29, 0.717) is 40.7 Å². The van der Waals surface area contributed by atoms with Gasteiger partial charge in [0, 0.05) is 7.05 Å². The second-order valence-electron chi connectivity index (χ2n) is 7.10. The smallest absolute Gasteiger partial charge is 0.266 e. The normalized spacial score (nSPS) is 10.9. The number of ether oxygens (including phenoxy) is 1. The molecule has 0 saturated carbocycles. The first-order valence-corrected chi connectivity index (χ1v) is 11.2. The molecule has 0 aliphatic rings. The molecule has 7 nitrogen and oxygen atoms in total. The molecule has 0 aliphatic heterocycles. The lowest BCUT2D eigenvalue weighted by molar-refractivity contribution is -0.127. The molecule has 4 aromatic rings. The van der Waals surface area contributed by atoms with Crippen LogP contribution in [0.5, 0.6) is 5.75 Å². The number of hydrogen-bond donors (Lipinski definition) is 0. The Bertz CT molecular complexity index is 1270. The van der Waals surface area contributed by atoms with Crippen molar-refractivity contribution in [3.05, 3.63) is 83.0 Å². The van der Waals surface area contributed by atoms with Gasteiger partial charge < -0.3 is 14.1 Å². The minimum Gasteiger partial charge on any atom is -0.494 e. The van der Waals surface area contributed by atoms with E-state index >= 15 is 0 Å². The second-order valence-corrected chi connectivity index (χ2v) is 8.04. The molecule has 0 saturated heterocycles. The van der Waals surface area contributed by atoms with Crippen LogP contribution in [0.25, 0.3) is 16.6 Å². The summed E-state index contributed by atoms with van der Waals surface area (Å²) >= 11 is 1.23. The van der Waals surface area contributed by atoms with Crippen LogP contribution >= 0.6 is 11.8 Å². The van der Waals surface area contributed by atoms with E-state index < -0.39 is 0 Å². The fraction of sp³-hybridized carbons (Fsp3) is 0.208. The van der Waals surface area contributed by atoms with Gasteiger partial charge in [0.25, 0.3) is 5.56 Å². The molecule has 2 aromatic carbocycles. The molecule has 0 bridgehead atoms. The van der Waals surface area contributed by atoms with Gasteiger partial charge >= 0.3 is 0 Å². The molecule has 0 N–H and O–H groups in total. The summed E-state index contributed by atoms with van der Waals surface area (Å²) in [7, 11) is 1.72. The maximum Gasteiger partial charge on any atom is 0.266 e. The van der Waals surface area contributed by atoms with Gasteiger partial charge in [0.15, 0.2) is 5.16 Å². The second kappa shape index (κ2) is 9.74. The summed E-state index contributed by atoms with van der Waals surface area (Å²) in [5, 5.41) is 0.976. The van der Waals surface area contributed by atoms with E-state index in [1.807, 2.05) is 49.4 Å². The lowest BCUT2D eigenvalue weighted by Crippen LogP contribution is -2.28. The van der Waals surface area contributed by atoms with E-state index in [1.165, 1.54) is 11.8 Å². The largest absolute Gasteiger partial charge is 0.494 e. The number of fused-ring (bicyclic) bond motifs is 1. The lowest BCUT2D eigenvalue weighted by atomic mass is 10.2. The van der Waals surface area contributed by atoms with Gasteiger partial charge in [-0.2, -0.15) is 0 Å². The number of amides is 1. The first-order chi connectivity index (χ1) is 15.6. The molecule has 8 heteroatoms. The number of thioether (sulfide) groups is 1. The van der Waals surface area contributed by atoms with Crippen molar-refractivity contribution in [2.24, 2.45) is 0 Å². The Morgan fingerprint density at radius 1 is 1.12 bits per heavy atom. The number of furan rings is 1. The summed E-state index contributed by atoms with van der Waals surface area (Å²) in [4.78, 5) is 32.3. The minimum atomic E-state index is -0.182. The predicted molar refractivity (Wildman–Crippen MR) is 124 cm³/mol. The fourth-order valence-corrected chi connectivity index (χ4v) is 4.21. The molecule has 0 radical (unpaired) electrons. The summed E-state index contributed by atoms with van der Waals surface area (Å²) in [5.41, 5.74) is 1.08. The third kappa shape index (κ3) is 4.70. The molecule has 0 unspecified atom stereocenters. The molecule has 32 heavy (non-hydrogen) atoms. The maximum atomic E-state index is 13.3. The van der Waals surface area contributed by atoms with Gasteiger partial charge in [-0.25, -0.2) is 4.98 Å². The fourth-order valence-electron chi connectivity index (χ4n) is 3.26. The van der Waals surface area contributed by atoms with Crippen LogP contribution < -0.4 is 10.3 Å². The maximum absolute atomic E-state index is 13.3. The number of carbonyl (C=O) groups is 1. The summed E-state index contributed by atoms with van der Waals surface area (Å²) in [6.07, 6.45) is 1.58. The third-order valence-electron chi connectivity index (χ3n) is 4.87. The van der Waals surface area contributed by atoms with E-state index in [-0.39, 0.29) is 17.2 Å². The number of rotatable bonds is 8. The van der Waals surface area contributed by atoms with Crippen molar-refractivity contribution in [2.45, 2.75) is 18.6 Å². The van der Waals surface area contributed by atoms with Crippen LogP contribution in [0.15, 0.2) is 81.3 Å². The molecule has 0 fully saturated rings. The van der Waals surface area contributed by atoms with E-state index in [2.05, 4.69) is 4.98 Å². The Balaban J connectivity index is 1.64. The van der Waals surface area contributed by atoms with Crippen LogP contribution in [0.4, 0.5) is 0 Å². The highest BCUT2D eigenvalue weighted by Gasteiger charge is 2.17. The van der Waals surface area contributed by atoms with Crippen LogP contribution in [0, 0.1) is 0 Å². The molecular formula is C24H23N3O4S. The third-order valence-corrected chi connectivity index (χ3v) is 5.80. The van der Waals surface area contributed by atoms with Crippen molar-refractivity contribution in [1.82, 2.24) is 14.5 Å². The standard InChI is InChI=1S/C24H23N3O4S/c1-3-30-18-12-10-17(11-13-18)27-23(29)20-8-4-5-9-21(20)25-24(27)32-16-22(28)26(2)15-19-7-6-14-31-19/h4-14H,3,15-16H2,1-2H3. The Morgan fingerprint density at radius 3 is 2.62 bits per heavy atom. The van der Waals surface area contributed by atoms with Crippen LogP contribution in [-0.2, 0) is 11.3 Å². The van der Waals surface area contributed by atoms with Gasteiger partial charge in [0.05, 0.1) is 41.8 Å². The summed E-state index contributed by atoms with van der Waals surface area (Å²) in [6.45, 7) is 2.86. The molecule has 0 aliphatic carbocycles. The predicted octanol–water partition coefficient (Wildman–Crippen LogP) is 4.13. The van der Waals surface area contributed by atoms with Crippen molar-refractivity contribution < 1.29 is 13.9 Å². The van der Waals surface area contributed by atoms with Crippen LogP contribution in [0.2, 0.25) is 0 Å². The molecule has 4 rings (SSSR count). The molecule has 2 heterocycles. The average Bonchev–Trinajstić information content (AvgIpc) is 3.31. The Morgan fingerprint density at radius 2 is 1.91 bits per heavy atom. The van der Waals surface area contributed by atoms with E-state index in [9.17, 15) is 9.59 Å². The van der Waals surface area contributed by atoms with Crippen molar-refractivity contribution in [3.63, 3.8) is 0 Å². The summed E-state index contributed by atoms with van der Waals surface area (Å²) < 4.78 is 12.4. The van der Waals surface area contributed by atoms with Crippen LogP contribution in [0.3, 0.4) is 0 Å². The average molecular weight is 450 g/mol. The van der Waals surface area contributed by atoms with Crippen LogP contribution in [-0.4, -0.2) is 39.8 Å². The van der Waals surface area contributed by atoms with Crippen molar-refractivity contribution in [1.29, 1.82) is 0 Å². The van der Waals surface area contributed by atoms with Gasteiger partial charge in [0.1, 0.15) is 11.5 Å². The number of carbonyl (C=O) groups excluding carboxylic acids is 1. The van der Waals surface area contributed by atoms with E-state index in [1.54, 1.807) is 41.0 Å². The van der Waals surface area contributed by atoms with Crippen molar-refractivity contribution in [3.8, 4) is 11.4 Å². The number of para-hydroxylation sites is 1.